The first-order valence-electron chi connectivity index (χ1n) is 4.65. The van der Waals surface area contributed by atoms with E-state index in [0.717, 1.165) is 17.3 Å². The summed E-state index contributed by atoms with van der Waals surface area (Å²) in [5, 5.41) is 0. The molecule has 1 aliphatic rings. The van der Waals surface area contributed by atoms with Crippen molar-refractivity contribution in [3.63, 3.8) is 0 Å². The minimum absolute atomic E-state index is 0.112. The third kappa shape index (κ3) is 1.85. The predicted molar refractivity (Wildman–Crippen MR) is 55.9 cm³/mol. The molecule has 70 valence electrons. The van der Waals surface area contributed by atoms with Gasteiger partial charge in [0.2, 0.25) is 0 Å². The number of rotatable bonds is 1. The molecule has 1 aromatic heterocycles. The summed E-state index contributed by atoms with van der Waals surface area (Å²) < 4.78 is 2.73. The Morgan fingerprint density at radius 3 is 2.69 bits per heavy atom. The van der Waals surface area contributed by atoms with Gasteiger partial charge in [-0.15, -0.1) is 0 Å². The fourth-order valence-electron chi connectivity index (χ4n) is 1.95. The van der Waals surface area contributed by atoms with Crippen LogP contribution >= 0.6 is 15.9 Å². The van der Waals surface area contributed by atoms with Gasteiger partial charge in [-0.05, 0) is 18.9 Å². The maximum atomic E-state index is 11.6. The summed E-state index contributed by atoms with van der Waals surface area (Å²) in [6, 6.07) is 4.01. The van der Waals surface area contributed by atoms with Crippen molar-refractivity contribution in [3.8, 4) is 0 Å². The molecule has 1 heterocycles. The van der Waals surface area contributed by atoms with Crippen LogP contribution in [0.15, 0.2) is 27.6 Å². The molecule has 0 saturated heterocycles. The molecular weight excluding hydrogens is 230 g/mol. The van der Waals surface area contributed by atoms with Crippen LogP contribution in [0.3, 0.4) is 0 Å². The molecule has 1 aliphatic carbocycles. The van der Waals surface area contributed by atoms with Gasteiger partial charge in [0.1, 0.15) is 0 Å². The zero-order chi connectivity index (χ0) is 9.26. The van der Waals surface area contributed by atoms with E-state index >= 15 is 0 Å². The molecule has 0 bridgehead atoms. The lowest BCUT2D eigenvalue weighted by molar-refractivity contribution is 0.502. The van der Waals surface area contributed by atoms with E-state index < -0.39 is 0 Å². The Bertz CT molecular complexity index is 352. The number of halogens is 1. The quantitative estimate of drug-likeness (QED) is 0.742. The van der Waals surface area contributed by atoms with Crippen LogP contribution in [0.1, 0.15) is 31.7 Å². The third-order valence-electron chi connectivity index (χ3n) is 2.63. The SMILES string of the molecule is O=c1cc(Br)ccn1C1CCCC1. The molecule has 0 amide bonds. The average molecular weight is 242 g/mol. The minimum atomic E-state index is 0.112. The fraction of sp³-hybridized carbons (Fsp3) is 0.500. The number of aromatic nitrogens is 1. The van der Waals surface area contributed by atoms with Gasteiger partial charge in [-0.2, -0.15) is 0 Å². The van der Waals surface area contributed by atoms with Crippen LogP contribution < -0.4 is 5.56 Å². The molecule has 1 fully saturated rings. The van der Waals surface area contributed by atoms with E-state index in [0.29, 0.717) is 6.04 Å². The summed E-state index contributed by atoms with van der Waals surface area (Å²) in [6.07, 6.45) is 6.71. The highest BCUT2D eigenvalue weighted by atomic mass is 79.9. The van der Waals surface area contributed by atoms with Gasteiger partial charge >= 0.3 is 0 Å². The average Bonchev–Trinajstić information content (AvgIpc) is 2.56. The van der Waals surface area contributed by atoms with Gasteiger partial charge in [0.15, 0.2) is 0 Å². The lowest BCUT2D eigenvalue weighted by atomic mass is 10.2. The molecule has 1 saturated carbocycles. The molecule has 0 aromatic carbocycles. The van der Waals surface area contributed by atoms with Crippen molar-refractivity contribution in [3.05, 3.63) is 33.2 Å². The van der Waals surface area contributed by atoms with Gasteiger partial charge in [-0.3, -0.25) is 4.79 Å². The zero-order valence-corrected chi connectivity index (χ0v) is 8.96. The van der Waals surface area contributed by atoms with E-state index in [4.69, 9.17) is 0 Å². The molecular formula is C10H12BrNO. The summed E-state index contributed by atoms with van der Waals surface area (Å²) >= 11 is 3.29. The molecule has 0 spiro atoms. The van der Waals surface area contributed by atoms with Crippen molar-refractivity contribution in [2.75, 3.05) is 0 Å². The van der Waals surface area contributed by atoms with Gasteiger partial charge in [-0.1, -0.05) is 28.8 Å². The van der Waals surface area contributed by atoms with Gasteiger partial charge < -0.3 is 4.57 Å². The van der Waals surface area contributed by atoms with Crippen LogP contribution in [0.2, 0.25) is 0 Å². The highest BCUT2D eigenvalue weighted by molar-refractivity contribution is 9.10. The van der Waals surface area contributed by atoms with Crippen LogP contribution in [-0.4, -0.2) is 4.57 Å². The Kier molecular flexibility index (Phi) is 2.54. The molecule has 1 aromatic rings. The normalized spacial score (nSPS) is 17.9. The Morgan fingerprint density at radius 1 is 1.38 bits per heavy atom. The fourth-order valence-corrected chi connectivity index (χ4v) is 2.26. The Balaban J connectivity index is 2.34. The monoisotopic (exact) mass is 241 g/mol. The first-order valence-corrected chi connectivity index (χ1v) is 5.44. The van der Waals surface area contributed by atoms with Crippen molar-refractivity contribution in [2.24, 2.45) is 0 Å². The van der Waals surface area contributed by atoms with Gasteiger partial charge in [0.05, 0.1) is 0 Å². The highest BCUT2D eigenvalue weighted by Gasteiger charge is 2.17. The van der Waals surface area contributed by atoms with Crippen molar-refractivity contribution in [1.82, 2.24) is 4.57 Å². The molecule has 0 aliphatic heterocycles. The first-order chi connectivity index (χ1) is 6.27. The van der Waals surface area contributed by atoms with Crippen LogP contribution in [-0.2, 0) is 0 Å². The van der Waals surface area contributed by atoms with E-state index in [1.165, 1.54) is 12.8 Å². The molecule has 0 N–H and O–H groups in total. The van der Waals surface area contributed by atoms with Crippen LogP contribution in [0.5, 0.6) is 0 Å². The van der Waals surface area contributed by atoms with Gasteiger partial charge in [0, 0.05) is 22.8 Å². The van der Waals surface area contributed by atoms with Crippen LogP contribution in [0, 0.1) is 0 Å². The molecule has 13 heavy (non-hydrogen) atoms. The molecule has 0 radical (unpaired) electrons. The molecule has 2 rings (SSSR count). The van der Waals surface area contributed by atoms with E-state index in [-0.39, 0.29) is 5.56 Å². The van der Waals surface area contributed by atoms with E-state index in [1.807, 2.05) is 16.8 Å². The lowest BCUT2D eigenvalue weighted by Gasteiger charge is -2.12. The summed E-state index contributed by atoms with van der Waals surface area (Å²) in [6.45, 7) is 0. The second kappa shape index (κ2) is 3.66. The standard InChI is InChI=1S/C10H12BrNO/c11-8-5-6-12(10(13)7-8)9-3-1-2-4-9/h5-7,9H,1-4H2. The Morgan fingerprint density at radius 2 is 2.08 bits per heavy atom. The molecule has 3 heteroatoms. The maximum Gasteiger partial charge on any atom is 0.251 e. The van der Waals surface area contributed by atoms with E-state index in [9.17, 15) is 4.79 Å². The number of hydrogen-bond donors (Lipinski definition) is 0. The maximum absolute atomic E-state index is 11.6. The summed E-state index contributed by atoms with van der Waals surface area (Å²) in [5.41, 5.74) is 0.112. The third-order valence-corrected chi connectivity index (χ3v) is 3.12. The first kappa shape index (κ1) is 9.00. The van der Waals surface area contributed by atoms with Gasteiger partial charge in [0.25, 0.3) is 5.56 Å². The molecule has 0 atom stereocenters. The number of pyridine rings is 1. The summed E-state index contributed by atoms with van der Waals surface area (Å²) in [7, 11) is 0. The predicted octanol–water partition coefficient (Wildman–Crippen LogP) is 2.73. The minimum Gasteiger partial charge on any atom is -0.312 e. The summed E-state index contributed by atoms with van der Waals surface area (Å²) in [5.74, 6) is 0. The van der Waals surface area contributed by atoms with Gasteiger partial charge in [-0.25, -0.2) is 0 Å². The smallest absolute Gasteiger partial charge is 0.251 e. The number of hydrogen-bond acceptors (Lipinski definition) is 1. The van der Waals surface area contributed by atoms with Crippen molar-refractivity contribution in [2.45, 2.75) is 31.7 Å². The van der Waals surface area contributed by atoms with Crippen molar-refractivity contribution in [1.29, 1.82) is 0 Å². The van der Waals surface area contributed by atoms with E-state index in [2.05, 4.69) is 15.9 Å². The largest absolute Gasteiger partial charge is 0.312 e. The van der Waals surface area contributed by atoms with Crippen molar-refractivity contribution < 1.29 is 0 Å². The molecule has 2 nitrogen and oxygen atoms in total. The number of nitrogens with zero attached hydrogens (tertiary/aromatic N) is 1. The van der Waals surface area contributed by atoms with Crippen molar-refractivity contribution >= 4 is 15.9 Å². The van der Waals surface area contributed by atoms with Crippen LogP contribution in [0.4, 0.5) is 0 Å². The summed E-state index contributed by atoms with van der Waals surface area (Å²) in [4.78, 5) is 11.6. The zero-order valence-electron chi connectivity index (χ0n) is 7.37. The Labute approximate surface area is 85.7 Å². The van der Waals surface area contributed by atoms with Crippen LogP contribution in [0.25, 0.3) is 0 Å². The Hall–Kier alpha value is -0.570. The lowest BCUT2D eigenvalue weighted by Crippen LogP contribution is -2.21. The second-order valence-corrected chi connectivity index (χ2v) is 4.44. The van der Waals surface area contributed by atoms with E-state index in [1.54, 1.807) is 6.07 Å². The highest BCUT2D eigenvalue weighted by Crippen LogP contribution is 2.28. The topological polar surface area (TPSA) is 22.0 Å². The molecule has 0 unspecified atom stereocenters. The second-order valence-electron chi connectivity index (χ2n) is 3.53.